The summed E-state index contributed by atoms with van der Waals surface area (Å²) in [6.07, 6.45) is 4.58. The molecule has 2 aromatic heterocycles. The molecule has 1 aliphatic rings. The van der Waals surface area contributed by atoms with Crippen LogP contribution in [0.2, 0.25) is 0 Å². The molecule has 3 rings (SSSR count). The molecule has 0 saturated heterocycles. The Morgan fingerprint density at radius 2 is 1.67 bits per heavy atom. The lowest BCUT2D eigenvalue weighted by molar-refractivity contribution is 0.265. The van der Waals surface area contributed by atoms with Crippen LogP contribution in [0.5, 0.6) is 0 Å². The van der Waals surface area contributed by atoms with Crippen molar-refractivity contribution in [2.45, 2.75) is 66.5 Å². The van der Waals surface area contributed by atoms with E-state index in [1.807, 2.05) is 4.57 Å². The number of nitrogens with zero attached hydrogens (tertiary/aromatic N) is 4. The second kappa shape index (κ2) is 9.30. The maximum absolute atomic E-state index is 13.5. The van der Waals surface area contributed by atoms with Gasteiger partial charge in [-0.2, -0.15) is 0 Å². The van der Waals surface area contributed by atoms with Gasteiger partial charge in [0.2, 0.25) is 0 Å². The number of hydrogen-bond donors (Lipinski definition) is 0. The predicted octanol–water partition coefficient (Wildman–Crippen LogP) is 3.52. The molecule has 27 heavy (non-hydrogen) atoms. The van der Waals surface area contributed by atoms with Crippen molar-refractivity contribution < 1.29 is 0 Å². The first kappa shape index (κ1) is 20.5. The van der Waals surface area contributed by atoms with Gasteiger partial charge in [-0.3, -0.25) is 14.3 Å². The van der Waals surface area contributed by atoms with Gasteiger partial charge in [0.1, 0.15) is 10.7 Å². The van der Waals surface area contributed by atoms with Crippen molar-refractivity contribution in [3.05, 3.63) is 26.6 Å². The normalized spacial score (nSPS) is 14.4. The first-order valence-corrected chi connectivity index (χ1v) is 11.4. The summed E-state index contributed by atoms with van der Waals surface area (Å²) in [5.41, 5.74) is 1.48. The number of aryl methyl sites for hydroxylation is 2. The molecular weight excluding hydrogens is 356 g/mol. The molecule has 5 nitrogen and oxygen atoms in total. The maximum Gasteiger partial charge on any atom is 0.262 e. The molecule has 0 unspecified atom stereocenters. The summed E-state index contributed by atoms with van der Waals surface area (Å²) in [4.78, 5) is 25.6. The smallest absolute Gasteiger partial charge is 0.262 e. The van der Waals surface area contributed by atoms with Crippen LogP contribution in [0.1, 0.15) is 56.8 Å². The van der Waals surface area contributed by atoms with Gasteiger partial charge >= 0.3 is 0 Å². The lowest BCUT2D eigenvalue weighted by atomic mass is 9.97. The number of thiophene rings is 1. The molecule has 0 atom stereocenters. The summed E-state index contributed by atoms with van der Waals surface area (Å²) >= 11 is 1.76. The van der Waals surface area contributed by atoms with E-state index in [1.165, 1.54) is 23.3 Å². The molecule has 150 valence electrons. The zero-order valence-corrected chi connectivity index (χ0v) is 18.2. The van der Waals surface area contributed by atoms with E-state index in [-0.39, 0.29) is 5.56 Å². The maximum atomic E-state index is 13.5. The Morgan fingerprint density at radius 1 is 1.00 bits per heavy atom. The van der Waals surface area contributed by atoms with E-state index in [0.717, 1.165) is 74.7 Å². The fourth-order valence-corrected chi connectivity index (χ4v) is 5.33. The molecular formula is C21H34N4OS. The Morgan fingerprint density at radius 3 is 2.33 bits per heavy atom. The Bertz CT molecular complexity index is 818. The van der Waals surface area contributed by atoms with Gasteiger partial charge in [-0.15, -0.1) is 11.3 Å². The fraction of sp³-hybridized carbons (Fsp3) is 0.714. The number of aromatic nitrogens is 2. The molecule has 6 heteroatoms. The van der Waals surface area contributed by atoms with Gasteiger partial charge in [0.25, 0.3) is 5.56 Å². The molecule has 0 aromatic carbocycles. The molecule has 2 heterocycles. The van der Waals surface area contributed by atoms with Gasteiger partial charge < -0.3 is 4.90 Å². The second-order valence-corrected chi connectivity index (χ2v) is 8.45. The van der Waals surface area contributed by atoms with Crippen LogP contribution in [0.4, 0.5) is 0 Å². The van der Waals surface area contributed by atoms with Crippen LogP contribution >= 0.6 is 11.3 Å². The van der Waals surface area contributed by atoms with Crippen LogP contribution in [0, 0.1) is 0 Å². The number of fused-ring (bicyclic) bond motifs is 3. The van der Waals surface area contributed by atoms with Gasteiger partial charge in [0, 0.05) is 18.0 Å². The Balaban J connectivity index is 2.06. The van der Waals surface area contributed by atoms with Crippen LogP contribution < -0.4 is 5.56 Å². The van der Waals surface area contributed by atoms with Crippen LogP contribution in [0.3, 0.4) is 0 Å². The average Bonchev–Trinajstić information content (AvgIpc) is 3.06. The lowest BCUT2D eigenvalue weighted by Crippen LogP contribution is -2.35. The van der Waals surface area contributed by atoms with Crippen LogP contribution in [0.15, 0.2) is 4.79 Å². The van der Waals surface area contributed by atoms with Crippen molar-refractivity contribution in [3.8, 4) is 0 Å². The molecule has 0 amide bonds. The summed E-state index contributed by atoms with van der Waals surface area (Å²) in [7, 11) is 0. The monoisotopic (exact) mass is 390 g/mol. The number of hydrogen-bond acceptors (Lipinski definition) is 5. The quantitative estimate of drug-likeness (QED) is 0.657. The van der Waals surface area contributed by atoms with Crippen molar-refractivity contribution in [2.75, 3.05) is 32.7 Å². The van der Waals surface area contributed by atoms with E-state index in [0.29, 0.717) is 0 Å². The highest BCUT2D eigenvalue weighted by Crippen LogP contribution is 2.33. The predicted molar refractivity (Wildman–Crippen MR) is 115 cm³/mol. The molecule has 0 spiro atoms. The number of likely N-dealkylation sites (N-methyl/N-ethyl adjacent to an activating group) is 1. The van der Waals surface area contributed by atoms with Crippen molar-refractivity contribution >= 4 is 21.6 Å². The van der Waals surface area contributed by atoms with E-state index in [2.05, 4.69) is 37.5 Å². The van der Waals surface area contributed by atoms with Crippen LogP contribution in [-0.2, 0) is 25.9 Å². The van der Waals surface area contributed by atoms with Gasteiger partial charge in [0.15, 0.2) is 0 Å². The second-order valence-electron chi connectivity index (χ2n) is 7.36. The van der Waals surface area contributed by atoms with Gasteiger partial charge in [-0.25, -0.2) is 4.98 Å². The van der Waals surface area contributed by atoms with Gasteiger partial charge in [-0.05, 0) is 57.4 Å². The Labute approximate surface area is 167 Å². The SMILES string of the molecule is CCN(CC)CCn1c(CN(CC)CC)nc2sc3c(c2c1=O)CCCC3. The molecule has 0 aliphatic heterocycles. The van der Waals surface area contributed by atoms with E-state index < -0.39 is 0 Å². The third-order valence-corrected chi connectivity index (χ3v) is 7.13. The van der Waals surface area contributed by atoms with E-state index >= 15 is 0 Å². The van der Waals surface area contributed by atoms with Crippen LogP contribution in [-0.4, -0.2) is 52.1 Å². The van der Waals surface area contributed by atoms with Crippen LogP contribution in [0.25, 0.3) is 10.2 Å². The van der Waals surface area contributed by atoms with E-state index in [9.17, 15) is 4.79 Å². The number of rotatable bonds is 9. The molecule has 0 saturated carbocycles. The van der Waals surface area contributed by atoms with Gasteiger partial charge in [0.05, 0.1) is 11.9 Å². The lowest BCUT2D eigenvalue weighted by Gasteiger charge is -2.23. The summed E-state index contributed by atoms with van der Waals surface area (Å²) in [6.45, 7) is 15.1. The van der Waals surface area contributed by atoms with E-state index in [4.69, 9.17) is 4.98 Å². The largest absolute Gasteiger partial charge is 0.302 e. The summed E-state index contributed by atoms with van der Waals surface area (Å²) in [5, 5.41) is 0.914. The van der Waals surface area contributed by atoms with Crippen molar-refractivity contribution in [1.29, 1.82) is 0 Å². The molecule has 2 aromatic rings. The topological polar surface area (TPSA) is 41.4 Å². The fourth-order valence-electron chi connectivity index (χ4n) is 4.06. The zero-order valence-electron chi connectivity index (χ0n) is 17.4. The average molecular weight is 391 g/mol. The van der Waals surface area contributed by atoms with Crippen molar-refractivity contribution in [3.63, 3.8) is 0 Å². The minimum Gasteiger partial charge on any atom is -0.302 e. The highest BCUT2D eigenvalue weighted by molar-refractivity contribution is 7.18. The minimum absolute atomic E-state index is 0.189. The minimum atomic E-state index is 0.189. The van der Waals surface area contributed by atoms with Crippen molar-refractivity contribution in [1.82, 2.24) is 19.4 Å². The zero-order chi connectivity index (χ0) is 19.4. The van der Waals surface area contributed by atoms with Gasteiger partial charge in [-0.1, -0.05) is 27.7 Å². The standard InChI is InChI=1S/C21H34N4OS/c1-5-23(6-2)13-14-25-18(15-24(7-3)8-4)22-20-19(21(25)26)16-11-9-10-12-17(16)27-20/h5-15H2,1-4H3. The third kappa shape index (κ3) is 4.28. The molecule has 0 bridgehead atoms. The highest BCUT2D eigenvalue weighted by Gasteiger charge is 2.22. The summed E-state index contributed by atoms with van der Waals surface area (Å²) < 4.78 is 1.97. The first-order chi connectivity index (χ1) is 13.1. The summed E-state index contributed by atoms with van der Waals surface area (Å²) in [5.74, 6) is 0.932. The molecule has 0 N–H and O–H groups in total. The first-order valence-electron chi connectivity index (χ1n) is 10.6. The van der Waals surface area contributed by atoms with Crippen molar-refractivity contribution in [2.24, 2.45) is 0 Å². The molecule has 0 radical (unpaired) electrons. The summed E-state index contributed by atoms with van der Waals surface area (Å²) in [6, 6.07) is 0. The molecule has 0 fully saturated rings. The Hall–Kier alpha value is -1.24. The highest BCUT2D eigenvalue weighted by atomic mass is 32.1. The molecule has 1 aliphatic carbocycles. The third-order valence-electron chi connectivity index (χ3n) is 5.95. The Kier molecular flexibility index (Phi) is 7.06. The van der Waals surface area contributed by atoms with E-state index in [1.54, 1.807) is 11.3 Å².